The topological polar surface area (TPSA) is 109 Å². The number of aliphatic carboxylic acids is 1. The number of rotatable bonds is 7. The van der Waals surface area contributed by atoms with Crippen molar-refractivity contribution in [1.82, 2.24) is 25.4 Å². The second-order valence-corrected chi connectivity index (χ2v) is 4.30. The van der Waals surface area contributed by atoms with Crippen LogP contribution in [0.15, 0.2) is 6.33 Å². The van der Waals surface area contributed by atoms with Gasteiger partial charge in [0.25, 0.3) is 0 Å². The van der Waals surface area contributed by atoms with Crippen LogP contribution in [0.1, 0.15) is 19.2 Å². The molecule has 0 aliphatic carbocycles. The van der Waals surface area contributed by atoms with E-state index in [0.29, 0.717) is 31.8 Å². The van der Waals surface area contributed by atoms with Gasteiger partial charge in [-0.3, -0.25) is 9.48 Å². The number of carboxylic acids is 1. The van der Waals surface area contributed by atoms with Crippen LogP contribution in [0, 0.1) is 5.92 Å². The van der Waals surface area contributed by atoms with Crippen LogP contribution in [0.2, 0.25) is 0 Å². The highest BCUT2D eigenvalue weighted by Gasteiger charge is 2.10. The lowest BCUT2D eigenvalue weighted by Gasteiger charge is -2.08. The Labute approximate surface area is 111 Å². The maximum atomic E-state index is 11.4. The van der Waals surface area contributed by atoms with Gasteiger partial charge in [0.2, 0.25) is 0 Å². The predicted molar refractivity (Wildman–Crippen MR) is 67.5 cm³/mol. The van der Waals surface area contributed by atoms with E-state index in [4.69, 9.17) is 5.11 Å². The zero-order chi connectivity index (χ0) is 14.3. The molecule has 2 amide bonds. The molecule has 106 valence electrons. The zero-order valence-corrected chi connectivity index (χ0v) is 11.1. The summed E-state index contributed by atoms with van der Waals surface area (Å²) in [4.78, 5) is 26.0. The van der Waals surface area contributed by atoms with Crippen molar-refractivity contribution in [3.05, 3.63) is 12.2 Å². The molecule has 0 fully saturated rings. The van der Waals surface area contributed by atoms with Crippen molar-refractivity contribution in [3.63, 3.8) is 0 Å². The molecule has 1 aromatic rings. The molecule has 0 aliphatic heterocycles. The number of urea groups is 1. The van der Waals surface area contributed by atoms with E-state index in [1.54, 1.807) is 25.0 Å². The number of carbonyl (C=O) groups is 2. The molecule has 1 heterocycles. The van der Waals surface area contributed by atoms with Gasteiger partial charge < -0.3 is 15.7 Å². The van der Waals surface area contributed by atoms with Crippen LogP contribution in [-0.4, -0.2) is 45.0 Å². The first-order valence-corrected chi connectivity index (χ1v) is 6.08. The molecule has 0 bridgehead atoms. The number of nitrogens with zero attached hydrogens (tertiary/aromatic N) is 3. The fourth-order valence-electron chi connectivity index (χ4n) is 1.37. The fourth-order valence-corrected chi connectivity index (χ4v) is 1.37. The molecule has 0 saturated carbocycles. The van der Waals surface area contributed by atoms with Crippen molar-refractivity contribution in [1.29, 1.82) is 0 Å². The third-order valence-corrected chi connectivity index (χ3v) is 2.57. The van der Waals surface area contributed by atoms with Crippen LogP contribution < -0.4 is 10.6 Å². The highest BCUT2D eigenvalue weighted by atomic mass is 16.4. The van der Waals surface area contributed by atoms with E-state index in [0.717, 1.165) is 0 Å². The van der Waals surface area contributed by atoms with Crippen LogP contribution in [0.25, 0.3) is 0 Å². The average Bonchev–Trinajstić information content (AvgIpc) is 2.74. The van der Waals surface area contributed by atoms with E-state index >= 15 is 0 Å². The quantitative estimate of drug-likeness (QED) is 0.633. The van der Waals surface area contributed by atoms with E-state index in [9.17, 15) is 9.59 Å². The van der Waals surface area contributed by atoms with Gasteiger partial charge in [-0.1, -0.05) is 6.92 Å². The minimum atomic E-state index is -0.858. The highest BCUT2D eigenvalue weighted by Crippen LogP contribution is 1.99. The summed E-state index contributed by atoms with van der Waals surface area (Å²) in [7, 11) is 1.78. The van der Waals surface area contributed by atoms with Crippen LogP contribution in [0.4, 0.5) is 4.79 Å². The first kappa shape index (κ1) is 14.9. The van der Waals surface area contributed by atoms with Crippen LogP contribution in [0.5, 0.6) is 0 Å². The standard InChI is InChI=1S/C11H19N5O3/c1-8(10(17)18)3-5-12-11(19)13-6-4-9-14-7-16(2)15-9/h7-8H,3-6H2,1-2H3,(H,17,18)(H2,12,13,19). The van der Waals surface area contributed by atoms with Crippen molar-refractivity contribution in [2.24, 2.45) is 13.0 Å². The summed E-state index contributed by atoms with van der Waals surface area (Å²) in [6, 6.07) is -0.312. The van der Waals surface area contributed by atoms with Crippen molar-refractivity contribution < 1.29 is 14.7 Å². The normalized spacial score (nSPS) is 11.9. The number of hydrogen-bond donors (Lipinski definition) is 3. The Bertz CT molecular complexity index is 432. The van der Waals surface area contributed by atoms with Gasteiger partial charge in [-0.25, -0.2) is 9.78 Å². The molecule has 19 heavy (non-hydrogen) atoms. The summed E-state index contributed by atoms with van der Waals surface area (Å²) in [5.74, 6) is -0.649. The van der Waals surface area contributed by atoms with E-state index in [-0.39, 0.29) is 6.03 Å². The number of carbonyl (C=O) groups excluding carboxylic acids is 1. The lowest BCUT2D eigenvalue weighted by molar-refractivity contribution is -0.141. The Morgan fingerprint density at radius 2 is 2.11 bits per heavy atom. The second kappa shape index (κ2) is 7.34. The Morgan fingerprint density at radius 1 is 1.42 bits per heavy atom. The largest absolute Gasteiger partial charge is 0.481 e. The molecule has 0 aliphatic rings. The van der Waals surface area contributed by atoms with E-state index in [1.165, 1.54) is 0 Å². The first-order chi connectivity index (χ1) is 8.99. The molecule has 1 unspecified atom stereocenters. The van der Waals surface area contributed by atoms with Crippen molar-refractivity contribution >= 4 is 12.0 Å². The lowest BCUT2D eigenvalue weighted by Crippen LogP contribution is -2.37. The summed E-state index contributed by atoms with van der Waals surface area (Å²) in [6.07, 6.45) is 2.56. The Balaban J connectivity index is 2.10. The van der Waals surface area contributed by atoms with Crippen LogP contribution >= 0.6 is 0 Å². The Hall–Kier alpha value is -2.12. The number of nitrogens with one attached hydrogen (secondary N) is 2. The van der Waals surface area contributed by atoms with Crippen LogP contribution in [0.3, 0.4) is 0 Å². The first-order valence-electron chi connectivity index (χ1n) is 6.08. The number of aromatic nitrogens is 3. The molecule has 0 saturated heterocycles. The minimum absolute atomic E-state index is 0.312. The summed E-state index contributed by atoms with van der Waals surface area (Å²) in [5, 5.41) is 18.0. The third kappa shape index (κ3) is 5.84. The number of aryl methyl sites for hydroxylation is 1. The number of hydrogen-bond acceptors (Lipinski definition) is 4. The molecule has 3 N–H and O–H groups in total. The molecule has 0 spiro atoms. The maximum absolute atomic E-state index is 11.4. The molecule has 1 rings (SSSR count). The molecular formula is C11H19N5O3. The van der Waals surface area contributed by atoms with Crippen molar-refractivity contribution in [2.45, 2.75) is 19.8 Å². The van der Waals surface area contributed by atoms with Gasteiger partial charge in [0.1, 0.15) is 6.33 Å². The Morgan fingerprint density at radius 3 is 2.68 bits per heavy atom. The van der Waals surface area contributed by atoms with Gasteiger partial charge in [-0.15, -0.1) is 0 Å². The summed E-state index contributed by atoms with van der Waals surface area (Å²) < 4.78 is 1.60. The SMILES string of the molecule is CC(CCNC(=O)NCCc1ncn(C)n1)C(=O)O. The maximum Gasteiger partial charge on any atom is 0.314 e. The van der Waals surface area contributed by atoms with Gasteiger partial charge in [-0.2, -0.15) is 5.10 Å². The van der Waals surface area contributed by atoms with Gasteiger partial charge in [0, 0.05) is 26.6 Å². The number of amides is 2. The monoisotopic (exact) mass is 269 g/mol. The summed E-state index contributed by atoms with van der Waals surface area (Å²) >= 11 is 0. The van der Waals surface area contributed by atoms with E-state index in [1.807, 2.05) is 0 Å². The van der Waals surface area contributed by atoms with Gasteiger partial charge >= 0.3 is 12.0 Å². The third-order valence-electron chi connectivity index (χ3n) is 2.57. The van der Waals surface area contributed by atoms with Crippen molar-refractivity contribution in [2.75, 3.05) is 13.1 Å². The van der Waals surface area contributed by atoms with Gasteiger partial charge in [0.05, 0.1) is 5.92 Å². The average molecular weight is 269 g/mol. The molecular weight excluding hydrogens is 250 g/mol. The Kier molecular flexibility index (Phi) is 5.77. The van der Waals surface area contributed by atoms with Gasteiger partial charge in [-0.05, 0) is 6.42 Å². The van der Waals surface area contributed by atoms with Crippen LogP contribution in [-0.2, 0) is 18.3 Å². The molecule has 1 atom stereocenters. The smallest absolute Gasteiger partial charge is 0.314 e. The highest BCUT2D eigenvalue weighted by molar-refractivity contribution is 5.74. The molecule has 0 aromatic carbocycles. The molecule has 8 nitrogen and oxygen atoms in total. The van der Waals surface area contributed by atoms with Crippen molar-refractivity contribution in [3.8, 4) is 0 Å². The summed E-state index contributed by atoms with van der Waals surface area (Å²) in [5.41, 5.74) is 0. The van der Waals surface area contributed by atoms with Gasteiger partial charge in [0.15, 0.2) is 5.82 Å². The zero-order valence-electron chi connectivity index (χ0n) is 11.1. The molecule has 0 radical (unpaired) electrons. The second-order valence-electron chi connectivity index (χ2n) is 4.30. The predicted octanol–water partition coefficient (Wildman–Crippen LogP) is -0.232. The molecule has 8 heteroatoms. The van der Waals surface area contributed by atoms with E-state index < -0.39 is 11.9 Å². The molecule has 1 aromatic heterocycles. The van der Waals surface area contributed by atoms with E-state index in [2.05, 4.69) is 20.7 Å². The fraction of sp³-hybridized carbons (Fsp3) is 0.636. The number of carboxylic acid groups (broad SMARTS) is 1. The summed E-state index contributed by atoms with van der Waals surface area (Å²) in [6.45, 7) is 2.38. The minimum Gasteiger partial charge on any atom is -0.481 e. The lowest BCUT2D eigenvalue weighted by atomic mass is 10.1.